The molecule has 1 aliphatic heterocycles. The van der Waals surface area contributed by atoms with Crippen LogP contribution in [0.3, 0.4) is 0 Å². The summed E-state index contributed by atoms with van der Waals surface area (Å²) in [7, 11) is 0. The van der Waals surface area contributed by atoms with Crippen LogP contribution in [0.15, 0.2) is 53.6 Å². The van der Waals surface area contributed by atoms with Gasteiger partial charge in [0, 0.05) is 44.3 Å². The predicted molar refractivity (Wildman–Crippen MR) is 118 cm³/mol. The number of amides is 2. The molecule has 0 unspecified atom stereocenters. The Morgan fingerprint density at radius 2 is 1.71 bits per heavy atom. The van der Waals surface area contributed by atoms with Crippen molar-refractivity contribution in [3.05, 3.63) is 75.8 Å². The van der Waals surface area contributed by atoms with Gasteiger partial charge in [0.15, 0.2) is 0 Å². The van der Waals surface area contributed by atoms with Crippen LogP contribution in [0.4, 0.5) is 5.69 Å². The number of nitrogens with zero attached hydrogens (tertiary/aromatic N) is 4. The van der Waals surface area contributed by atoms with E-state index in [0.29, 0.717) is 31.8 Å². The number of carbonyl (C=O) groups excluding carboxylic acids is 2. The van der Waals surface area contributed by atoms with E-state index in [1.54, 1.807) is 29.3 Å². The van der Waals surface area contributed by atoms with Crippen molar-refractivity contribution in [2.24, 2.45) is 0 Å². The zero-order chi connectivity index (χ0) is 22.0. The zero-order valence-corrected chi connectivity index (χ0v) is 17.7. The number of hydrogen-bond acceptors (Lipinski definition) is 5. The van der Waals surface area contributed by atoms with Crippen LogP contribution >= 0.6 is 0 Å². The quantitative estimate of drug-likeness (QED) is 0.696. The Balaban J connectivity index is 1.36. The second-order valence-corrected chi connectivity index (χ2v) is 7.79. The number of anilines is 1. The van der Waals surface area contributed by atoms with Crippen molar-refractivity contribution in [3.63, 3.8) is 0 Å². The summed E-state index contributed by atoms with van der Waals surface area (Å²) in [6.45, 7) is 6.23. The van der Waals surface area contributed by atoms with Gasteiger partial charge in [0.2, 0.25) is 5.91 Å². The number of aromatic nitrogens is 2. The minimum absolute atomic E-state index is 0.0601. The van der Waals surface area contributed by atoms with Crippen LogP contribution < -0.4 is 10.9 Å². The molecule has 8 heteroatoms. The molecular formula is C23H25N5O3. The fraction of sp³-hybridized carbons (Fsp3) is 0.304. The van der Waals surface area contributed by atoms with Crippen LogP contribution in [0.1, 0.15) is 21.5 Å². The van der Waals surface area contributed by atoms with Gasteiger partial charge in [-0.1, -0.05) is 24.3 Å². The number of fused-ring (bicyclic) bond motifs is 1. The number of rotatable bonds is 4. The molecular weight excluding hydrogens is 394 g/mol. The first-order valence-electron chi connectivity index (χ1n) is 10.3. The molecule has 1 aliphatic rings. The van der Waals surface area contributed by atoms with Gasteiger partial charge in [-0.3, -0.25) is 23.7 Å². The van der Waals surface area contributed by atoms with E-state index < -0.39 is 0 Å². The Bertz CT molecular complexity index is 1180. The van der Waals surface area contributed by atoms with E-state index in [1.165, 1.54) is 10.6 Å². The molecule has 2 aromatic heterocycles. The molecule has 160 valence electrons. The highest BCUT2D eigenvalue weighted by atomic mass is 16.2. The second kappa shape index (κ2) is 8.69. The summed E-state index contributed by atoms with van der Waals surface area (Å²) >= 11 is 0. The summed E-state index contributed by atoms with van der Waals surface area (Å²) in [6, 6.07) is 11.1. The van der Waals surface area contributed by atoms with Gasteiger partial charge in [-0.05, 0) is 37.1 Å². The third kappa shape index (κ3) is 4.34. The lowest BCUT2D eigenvalue weighted by molar-refractivity contribution is -0.117. The lowest BCUT2D eigenvalue weighted by atomic mass is 10.1. The first-order valence-corrected chi connectivity index (χ1v) is 10.3. The van der Waals surface area contributed by atoms with E-state index >= 15 is 0 Å². The Morgan fingerprint density at radius 1 is 1.00 bits per heavy atom. The molecule has 0 bridgehead atoms. The number of piperazine rings is 1. The highest BCUT2D eigenvalue weighted by molar-refractivity contribution is 5.94. The predicted octanol–water partition coefficient (Wildman–Crippen LogP) is 1.71. The van der Waals surface area contributed by atoms with E-state index in [4.69, 9.17) is 0 Å². The van der Waals surface area contributed by atoms with Crippen molar-refractivity contribution in [2.75, 3.05) is 38.0 Å². The maximum atomic E-state index is 12.9. The van der Waals surface area contributed by atoms with Gasteiger partial charge < -0.3 is 10.2 Å². The third-order valence-electron chi connectivity index (χ3n) is 5.62. The number of para-hydroxylation sites is 1. The molecule has 0 saturated carbocycles. The van der Waals surface area contributed by atoms with Crippen molar-refractivity contribution >= 4 is 23.1 Å². The van der Waals surface area contributed by atoms with Crippen molar-refractivity contribution in [1.82, 2.24) is 19.2 Å². The van der Waals surface area contributed by atoms with Crippen molar-refractivity contribution in [3.8, 4) is 0 Å². The fourth-order valence-corrected chi connectivity index (χ4v) is 3.85. The van der Waals surface area contributed by atoms with Crippen LogP contribution in [0, 0.1) is 13.8 Å². The minimum atomic E-state index is -0.369. The van der Waals surface area contributed by atoms with Crippen LogP contribution in [0.2, 0.25) is 0 Å². The monoisotopic (exact) mass is 419 g/mol. The zero-order valence-electron chi connectivity index (χ0n) is 17.7. The molecule has 3 heterocycles. The van der Waals surface area contributed by atoms with Gasteiger partial charge in [-0.2, -0.15) is 0 Å². The van der Waals surface area contributed by atoms with Crippen LogP contribution in [0.25, 0.3) is 5.65 Å². The van der Waals surface area contributed by atoms with Gasteiger partial charge in [0.1, 0.15) is 11.2 Å². The van der Waals surface area contributed by atoms with Gasteiger partial charge in [-0.15, -0.1) is 0 Å². The summed E-state index contributed by atoms with van der Waals surface area (Å²) in [4.78, 5) is 45.9. The number of nitrogens with one attached hydrogen (secondary N) is 1. The first-order chi connectivity index (χ1) is 14.9. The van der Waals surface area contributed by atoms with Crippen LogP contribution in [0.5, 0.6) is 0 Å². The first kappa shape index (κ1) is 20.7. The van der Waals surface area contributed by atoms with Gasteiger partial charge >= 0.3 is 0 Å². The molecule has 3 aromatic rings. The normalized spacial score (nSPS) is 14.6. The standard InChI is InChI=1S/C23H25N5O3/c1-16-6-5-7-17(2)21(16)25-20(29)15-26-10-12-27(13-11-26)22(30)18-14-24-19-8-3-4-9-28(19)23(18)31/h3-9,14H,10-13,15H2,1-2H3,(H,25,29). The summed E-state index contributed by atoms with van der Waals surface area (Å²) in [5, 5.41) is 3.00. The molecule has 2 amide bonds. The van der Waals surface area contributed by atoms with Gasteiger partial charge in [0.25, 0.3) is 11.5 Å². The maximum Gasteiger partial charge on any atom is 0.270 e. The third-order valence-corrected chi connectivity index (χ3v) is 5.62. The molecule has 0 spiro atoms. The highest BCUT2D eigenvalue weighted by Crippen LogP contribution is 2.19. The Hall–Kier alpha value is -3.52. The average Bonchev–Trinajstić information content (AvgIpc) is 2.77. The van der Waals surface area contributed by atoms with E-state index in [-0.39, 0.29) is 29.5 Å². The molecule has 1 fully saturated rings. The van der Waals surface area contributed by atoms with E-state index in [9.17, 15) is 14.4 Å². The van der Waals surface area contributed by atoms with Crippen LogP contribution in [-0.4, -0.2) is 63.7 Å². The van der Waals surface area contributed by atoms with E-state index in [0.717, 1.165) is 16.8 Å². The van der Waals surface area contributed by atoms with Crippen LogP contribution in [-0.2, 0) is 4.79 Å². The molecule has 8 nitrogen and oxygen atoms in total. The van der Waals surface area contributed by atoms with E-state index in [2.05, 4.69) is 10.3 Å². The number of benzene rings is 1. The summed E-state index contributed by atoms with van der Waals surface area (Å²) in [5.41, 5.74) is 3.10. The summed E-state index contributed by atoms with van der Waals surface area (Å²) in [6.07, 6.45) is 2.96. The van der Waals surface area contributed by atoms with Crippen molar-refractivity contribution in [1.29, 1.82) is 0 Å². The second-order valence-electron chi connectivity index (χ2n) is 7.79. The van der Waals surface area contributed by atoms with Gasteiger partial charge in [0.05, 0.1) is 6.54 Å². The molecule has 1 N–H and O–H groups in total. The Morgan fingerprint density at radius 3 is 2.42 bits per heavy atom. The average molecular weight is 419 g/mol. The lowest BCUT2D eigenvalue weighted by Gasteiger charge is -2.34. The van der Waals surface area contributed by atoms with E-state index in [1.807, 2.05) is 36.9 Å². The summed E-state index contributed by atoms with van der Waals surface area (Å²) < 4.78 is 1.38. The molecule has 0 aliphatic carbocycles. The molecule has 0 radical (unpaired) electrons. The minimum Gasteiger partial charge on any atom is -0.336 e. The highest BCUT2D eigenvalue weighted by Gasteiger charge is 2.25. The lowest BCUT2D eigenvalue weighted by Crippen LogP contribution is -2.51. The number of pyridine rings is 1. The fourth-order valence-electron chi connectivity index (χ4n) is 3.85. The number of carbonyl (C=O) groups is 2. The number of hydrogen-bond donors (Lipinski definition) is 1. The Labute approximate surface area is 180 Å². The van der Waals surface area contributed by atoms with Crippen molar-refractivity contribution < 1.29 is 9.59 Å². The summed E-state index contributed by atoms with van der Waals surface area (Å²) in [5.74, 6) is -0.399. The largest absolute Gasteiger partial charge is 0.336 e. The van der Waals surface area contributed by atoms with Crippen molar-refractivity contribution in [2.45, 2.75) is 13.8 Å². The topological polar surface area (TPSA) is 87.0 Å². The molecule has 4 rings (SSSR count). The Kier molecular flexibility index (Phi) is 5.81. The molecule has 1 saturated heterocycles. The van der Waals surface area contributed by atoms with Gasteiger partial charge in [-0.25, -0.2) is 4.98 Å². The SMILES string of the molecule is Cc1cccc(C)c1NC(=O)CN1CCN(C(=O)c2cnc3ccccn3c2=O)CC1. The smallest absolute Gasteiger partial charge is 0.270 e. The molecule has 0 atom stereocenters. The number of aryl methyl sites for hydroxylation is 2. The molecule has 31 heavy (non-hydrogen) atoms. The molecule has 1 aromatic carbocycles. The maximum absolute atomic E-state index is 12.9.